The van der Waals surface area contributed by atoms with Crippen molar-refractivity contribution in [3.05, 3.63) is 0 Å². The summed E-state index contributed by atoms with van der Waals surface area (Å²) in [6.07, 6.45) is 5.02. The smallest absolute Gasteiger partial charge is 0.274 e. The average Bonchev–Trinajstić information content (AvgIpc) is 2.30. The molecule has 1 saturated heterocycles. The lowest BCUT2D eigenvalue weighted by molar-refractivity contribution is 0.290. The molecule has 3 N–H and O–H groups in total. The fraction of sp³-hybridized carbons (Fsp3) is 1.00. The number of likely N-dealkylation sites (tertiary alicyclic amines) is 1. The van der Waals surface area contributed by atoms with Gasteiger partial charge in [-0.1, -0.05) is 12.8 Å². The molecule has 6 heteroatoms. The Labute approximate surface area is 85.8 Å². The van der Waals surface area contributed by atoms with Crippen molar-refractivity contribution in [2.24, 2.45) is 5.14 Å². The molecule has 1 fully saturated rings. The van der Waals surface area contributed by atoms with Crippen LogP contribution in [0.25, 0.3) is 0 Å². The summed E-state index contributed by atoms with van der Waals surface area (Å²) >= 11 is 0. The Morgan fingerprint density at radius 3 is 2.21 bits per heavy atom. The number of nitrogens with two attached hydrogens (primary N) is 1. The van der Waals surface area contributed by atoms with E-state index in [0.717, 1.165) is 19.6 Å². The average molecular weight is 221 g/mol. The molecule has 0 amide bonds. The van der Waals surface area contributed by atoms with Crippen LogP contribution in [0.2, 0.25) is 0 Å². The van der Waals surface area contributed by atoms with Crippen LogP contribution in [0, 0.1) is 0 Å². The predicted molar refractivity (Wildman–Crippen MR) is 56.0 cm³/mol. The molecule has 14 heavy (non-hydrogen) atoms. The predicted octanol–water partition coefficient (Wildman–Crippen LogP) is -0.344. The van der Waals surface area contributed by atoms with Crippen molar-refractivity contribution in [1.29, 1.82) is 0 Å². The SMILES string of the molecule is NS(=O)(=O)NCCN1CCCCCC1. The summed E-state index contributed by atoms with van der Waals surface area (Å²) in [6, 6.07) is 0. The van der Waals surface area contributed by atoms with Gasteiger partial charge in [-0.25, -0.2) is 9.86 Å². The van der Waals surface area contributed by atoms with Crippen molar-refractivity contribution in [2.75, 3.05) is 26.2 Å². The van der Waals surface area contributed by atoms with E-state index in [9.17, 15) is 8.42 Å². The third kappa shape index (κ3) is 5.54. The molecule has 5 nitrogen and oxygen atoms in total. The van der Waals surface area contributed by atoms with Crippen molar-refractivity contribution in [2.45, 2.75) is 25.7 Å². The van der Waals surface area contributed by atoms with Gasteiger partial charge in [-0.2, -0.15) is 8.42 Å². The highest BCUT2D eigenvalue weighted by Gasteiger charge is 2.09. The van der Waals surface area contributed by atoms with E-state index in [1.165, 1.54) is 25.7 Å². The van der Waals surface area contributed by atoms with E-state index in [0.29, 0.717) is 6.54 Å². The van der Waals surface area contributed by atoms with E-state index < -0.39 is 10.2 Å². The molecule has 0 unspecified atom stereocenters. The fourth-order valence-electron chi connectivity index (χ4n) is 1.71. The topological polar surface area (TPSA) is 75.4 Å². The lowest BCUT2D eigenvalue weighted by Gasteiger charge is -2.19. The van der Waals surface area contributed by atoms with Gasteiger partial charge in [0.05, 0.1) is 0 Å². The quantitative estimate of drug-likeness (QED) is 0.681. The van der Waals surface area contributed by atoms with Crippen molar-refractivity contribution < 1.29 is 8.42 Å². The molecule has 0 saturated carbocycles. The number of nitrogens with zero attached hydrogens (tertiary/aromatic N) is 1. The first kappa shape index (κ1) is 11.9. The maximum atomic E-state index is 10.6. The number of nitrogens with one attached hydrogen (secondary N) is 1. The Kier molecular flexibility index (Phi) is 4.80. The summed E-state index contributed by atoms with van der Waals surface area (Å²) < 4.78 is 23.5. The van der Waals surface area contributed by atoms with Crippen molar-refractivity contribution in [1.82, 2.24) is 9.62 Å². The lowest BCUT2D eigenvalue weighted by atomic mass is 10.2. The third-order valence-electron chi connectivity index (χ3n) is 2.43. The molecule has 0 aromatic carbocycles. The number of hydrogen-bond acceptors (Lipinski definition) is 3. The van der Waals surface area contributed by atoms with Crippen LogP contribution in [0.15, 0.2) is 0 Å². The van der Waals surface area contributed by atoms with Gasteiger partial charge in [0, 0.05) is 13.1 Å². The molecule has 1 rings (SSSR count). The van der Waals surface area contributed by atoms with Crippen LogP contribution in [-0.2, 0) is 10.2 Å². The van der Waals surface area contributed by atoms with Gasteiger partial charge in [0.2, 0.25) is 0 Å². The normalized spacial score (nSPS) is 20.6. The maximum Gasteiger partial charge on any atom is 0.274 e. The van der Waals surface area contributed by atoms with E-state index in [2.05, 4.69) is 9.62 Å². The first-order chi connectivity index (χ1) is 6.58. The van der Waals surface area contributed by atoms with Crippen LogP contribution in [0.1, 0.15) is 25.7 Å². The molecule has 0 aromatic rings. The maximum absolute atomic E-state index is 10.6. The standard InChI is InChI=1S/C8H19N3O2S/c9-14(12,13)10-5-8-11-6-3-1-2-4-7-11/h10H,1-8H2,(H2,9,12,13). The Morgan fingerprint density at radius 2 is 1.71 bits per heavy atom. The highest BCUT2D eigenvalue weighted by atomic mass is 32.2. The van der Waals surface area contributed by atoms with Gasteiger partial charge in [0.25, 0.3) is 10.2 Å². The second-order valence-corrected chi connectivity index (χ2v) is 5.07. The summed E-state index contributed by atoms with van der Waals surface area (Å²) in [4.78, 5) is 2.28. The summed E-state index contributed by atoms with van der Waals surface area (Å²) in [5.74, 6) is 0. The minimum absolute atomic E-state index is 0.416. The van der Waals surface area contributed by atoms with Gasteiger partial charge in [0.1, 0.15) is 0 Å². The van der Waals surface area contributed by atoms with Crippen molar-refractivity contribution in [3.8, 4) is 0 Å². The summed E-state index contributed by atoms with van der Waals surface area (Å²) in [5.41, 5.74) is 0. The highest BCUT2D eigenvalue weighted by Crippen LogP contribution is 2.08. The second-order valence-electron chi connectivity index (χ2n) is 3.70. The van der Waals surface area contributed by atoms with Crippen LogP contribution in [0.5, 0.6) is 0 Å². The summed E-state index contributed by atoms with van der Waals surface area (Å²) in [5, 5.41) is 4.82. The zero-order valence-electron chi connectivity index (χ0n) is 8.41. The zero-order valence-corrected chi connectivity index (χ0v) is 9.22. The molecular formula is C8H19N3O2S. The molecule has 0 bridgehead atoms. The third-order valence-corrected chi connectivity index (χ3v) is 3.04. The highest BCUT2D eigenvalue weighted by molar-refractivity contribution is 7.87. The van der Waals surface area contributed by atoms with Crippen LogP contribution in [0.3, 0.4) is 0 Å². The van der Waals surface area contributed by atoms with Crippen LogP contribution >= 0.6 is 0 Å². The Bertz CT molecular complexity index is 245. The minimum atomic E-state index is -3.51. The minimum Gasteiger partial charge on any atom is -0.302 e. The summed E-state index contributed by atoms with van der Waals surface area (Å²) in [7, 11) is -3.51. The van der Waals surface area contributed by atoms with E-state index in [4.69, 9.17) is 5.14 Å². The van der Waals surface area contributed by atoms with E-state index in [-0.39, 0.29) is 0 Å². The van der Waals surface area contributed by atoms with Crippen LogP contribution in [0.4, 0.5) is 0 Å². The molecule has 0 radical (unpaired) electrons. The van der Waals surface area contributed by atoms with Gasteiger partial charge in [-0.05, 0) is 25.9 Å². The van der Waals surface area contributed by atoms with Crippen LogP contribution in [-0.4, -0.2) is 39.5 Å². The molecule has 84 valence electrons. The molecule has 0 atom stereocenters. The second kappa shape index (κ2) is 5.65. The van der Waals surface area contributed by atoms with Gasteiger partial charge < -0.3 is 4.90 Å². The van der Waals surface area contributed by atoms with E-state index in [1.54, 1.807) is 0 Å². The van der Waals surface area contributed by atoms with Gasteiger partial charge in [-0.3, -0.25) is 0 Å². The summed E-state index contributed by atoms with van der Waals surface area (Å²) in [6.45, 7) is 3.33. The zero-order chi connectivity index (χ0) is 10.4. The van der Waals surface area contributed by atoms with Crippen LogP contribution < -0.4 is 9.86 Å². The monoisotopic (exact) mass is 221 g/mol. The van der Waals surface area contributed by atoms with Gasteiger partial charge >= 0.3 is 0 Å². The largest absolute Gasteiger partial charge is 0.302 e. The molecule has 0 aliphatic carbocycles. The molecule has 0 spiro atoms. The number of rotatable bonds is 4. The Hall–Kier alpha value is -0.170. The molecular weight excluding hydrogens is 202 g/mol. The Balaban J connectivity index is 2.16. The molecule has 1 aliphatic rings. The van der Waals surface area contributed by atoms with Gasteiger partial charge in [0.15, 0.2) is 0 Å². The van der Waals surface area contributed by atoms with E-state index >= 15 is 0 Å². The van der Waals surface area contributed by atoms with Crippen molar-refractivity contribution in [3.63, 3.8) is 0 Å². The first-order valence-electron chi connectivity index (χ1n) is 5.08. The lowest BCUT2D eigenvalue weighted by Crippen LogP contribution is -2.38. The first-order valence-corrected chi connectivity index (χ1v) is 6.62. The van der Waals surface area contributed by atoms with Gasteiger partial charge in [-0.15, -0.1) is 0 Å². The molecule has 1 heterocycles. The van der Waals surface area contributed by atoms with Crippen molar-refractivity contribution >= 4 is 10.2 Å². The molecule has 0 aromatic heterocycles. The Morgan fingerprint density at radius 1 is 1.14 bits per heavy atom. The van der Waals surface area contributed by atoms with E-state index in [1.807, 2.05) is 0 Å². The number of hydrogen-bond donors (Lipinski definition) is 2. The fourth-order valence-corrected chi connectivity index (χ4v) is 2.08. The molecule has 1 aliphatic heterocycles.